The Morgan fingerprint density at radius 2 is 2.25 bits per heavy atom. The van der Waals surface area contributed by atoms with Crippen LogP contribution in [0.1, 0.15) is 29.3 Å². The lowest BCUT2D eigenvalue weighted by molar-refractivity contribution is 0.0981. The second-order valence-corrected chi connectivity index (χ2v) is 6.60. The fourth-order valence-electron chi connectivity index (χ4n) is 1.30. The monoisotopic (exact) mass is 312 g/mol. The van der Waals surface area contributed by atoms with Gasteiger partial charge in [-0.15, -0.1) is 11.3 Å². The van der Waals surface area contributed by atoms with E-state index in [1.54, 1.807) is 17.5 Å². The maximum absolute atomic E-state index is 11.8. The maximum atomic E-state index is 11.8. The van der Waals surface area contributed by atoms with Gasteiger partial charge < -0.3 is 0 Å². The average Bonchev–Trinajstić information content (AvgIpc) is 2.87. The van der Waals surface area contributed by atoms with Crippen LogP contribution in [0, 0.1) is 0 Å². The third-order valence-corrected chi connectivity index (χ3v) is 4.36. The van der Waals surface area contributed by atoms with Crippen molar-refractivity contribution in [3.05, 3.63) is 47.0 Å². The van der Waals surface area contributed by atoms with E-state index >= 15 is 0 Å². The molecule has 108 valence electrons. The van der Waals surface area contributed by atoms with E-state index in [1.165, 1.54) is 6.92 Å². The number of rotatable bonds is 6. The molecule has 0 fully saturated rings. The molecule has 0 aliphatic heterocycles. The zero-order valence-electron chi connectivity index (χ0n) is 11.3. The Kier molecular flexibility index (Phi) is 5.84. The maximum Gasteiger partial charge on any atom is 0.293 e. The van der Waals surface area contributed by atoms with Gasteiger partial charge in [-0.05, 0) is 13.8 Å². The Morgan fingerprint density at radius 1 is 1.55 bits per heavy atom. The van der Waals surface area contributed by atoms with Gasteiger partial charge in [-0.1, -0.05) is 30.9 Å². The van der Waals surface area contributed by atoms with Crippen molar-refractivity contribution in [2.75, 3.05) is 5.75 Å². The van der Waals surface area contributed by atoms with Gasteiger partial charge in [0.1, 0.15) is 0 Å². The number of nitrogens with zero attached hydrogens (tertiary/aromatic N) is 1. The molecule has 20 heavy (non-hydrogen) atoms. The number of carbonyl (C=O) groups excluding carboxylic acids is 1. The molecule has 0 radical (unpaired) electrons. The Hall–Kier alpha value is -1.73. The molecule has 0 unspecified atom stereocenters. The molecule has 0 aliphatic rings. The van der Waals surface area contributed by atoms with Crippen LogP contribution in [0.5, 0.6) is 0 Å². The Morgan fingerprint density at radius 3 is 2.80 bits per heavy atom. The quantitative estimate of drug-likeness (QED) is 0.818. The summed E-state index contributed by atoms with van der Waals surface area (Å²) in [7, 11) is -3.58. The van der Waals surface area contributed by atoms with Gasteiger partial charge in [0.05, 0.1) is 11.4 Å². The van der Waals surface area contributed by atoms with E-state index in [0.717, 1.165) is 16.9 Å². The first-order valence-electron chi connectivity index (χ1n) is 5.89. The van der Waals surface area contributed by atoms with Crippen LogP contribution in [0.2, 0.25) is 0 Å². The normalized spacial score (nSPS) is 12.6. The number of sulfonamides is 1. The number of aromatic nitrogens is 1. The number of nitrogens with one attached hydrogen (secondary N) is 1. The topological polar surface area (TPSA) is 76.1 Å². The molecule has 0 aliphatic carbocycles. The van der Waals surface area contributed by atoms with Crippen molar-refractivity contribution >= 4 is 32.8 Å². The molecule has 1 aromatic heterocycles. The van der Waals surface area contributed by atoms with Crippen molar-refractivity contribution in [2.45, 2.75) is 13.8 Å². The highest BCUT2D eigenvalue weighted by Crippen LogP contribution is 2.19. The second-order valence-electron chi connectivity index (χ2n) is 3.73. The highest BCUT2D eigenvalue weighted by molar-refractivity contribution is 7.90. The lowest BCUT2D eigenvalue weighted by Crippen LogP contribution is -2.31. The zero-order chi connectivity index (χ0) is 15.2. The van der Waals surface area contributed by atoms with Gasteiger partial charge in [-0.3, -0.25) is 4.79 Å². The Labute approximate surface area is 122 Å². The predicted octanol–water partition coefficient (Wildman–Crippen LogP) is 2.37. The third-order valence-electron chi connectivity index (χ3n) is 2.27. The second kappa shape index (κ2) is 7.16. The van der Waals surface area contributed by atoms with Crippen LogP contribution in [0.3, 0.4) is 0 Å². The van der Waals surface area contributed by atoms with Gasteiger partial charge in [0.15, 0.2) is 5.01 Å². The van der Waals surface area contributed by atoms with E-state index in [4.69, 9.17) is 0 Å². The van der Waals surface area contributed by atoms with Crippen molar-refractivity contribution in [3.63, 3.8) is 0 Å². The van der Waals surface area contributed by atoms with Crippen LogP contribution in [0.15, 0.2) is 36.3 Å². The largest absolute Gasteiger partial charge is 0.293 e. The summed E-state index contributed by atoms with van der Waals surface area (Å²) in [6, 6.07) is 0. The molecule has 5 nitrogen and oxygen atoms in total. The summed E-state index contributed by atoms with van der Waals surface area (Å²) in [6.07, 6.45) is 7.06. The highest BCUT2D eigenvalue weighted by atomic mass is 32.2. The Bertz CT molecular complexity index is 655. The first-order chi connectivity index (χ1) is 9.43. The van der Waals surface area contributed by atoms with E-state index in [9.17, 15) is 13.2 Å². The van der Waals surface area contributed by atoms with Gasteiger partial charge in [0, 0.05) is 11.0 Å². The van der Waals surface area contributed by atoms with Gasteiger partial charge >= 0.3 is 0 Å². The smallest absolute Gasteiger partial charge is 0.265 e. The molecule has 1 N–H and O–H groups in total. The van der Waals surface area contributed by atoms with Crippen LogP contribution in [-0.2, 0) is 10.0 Å². The van der Waals surface area contributed by atoms with E-state index in [0.29, 0.717) is 5.69 Å². The van der Waals surface area contributed by atoms with Crippen LogP contribution < -0.4 is 4.72 Å². The SMILES string of the molecule is C=C/C=C(\C=C/C)c1csc(C(=O)NS(=O)(=O)CC)n1. The average molecular weight is 312 g/mol. The minimum atomic E-state index is -3.58. The summed E-state index contributed by atoms with van der Waals surface area (Å²) in [5.74, 6) is -0.863. The molecule has 0 bridgehead atoms. The summed E-state index contributed by atoms with van der Waals surface area (Å²) >= 11 is 1.09. The number of hydrogen-bond acceptors (Lipinski definition) is 5. The first kappa shape index (κ1) is 16.3. The summed E-state index contributed by atoms with van der Waals surface area (Å²) in [6.45, 7) is 6.94. The summed E-state index contributed by atoms with van der Waals surface area (Å²) in [4.78, 5) is 15.9. The van der Waals surface area contributed by atoms with Crippen LogP contribution >= 0.6 is 11.3 Å². The van der Waals surface area contributed by atoms with Crippen molar-refractivity contribution < 1.29 is 13.2 Å². The molecule has 1 aromatic rings. The van der Waals surface area contributed by atoms with E-state index in [2.05, 4.69) is 11.6 Å². The Balaban J connectivity index is 3.00. The first-order valence-corrected chi connectivity index (χ1v) is 8.42. The number of amides is 1. The van der Waals surface area contributed by atoms with Crippen molar-refractivity contribution in [2.24, 2.45) is 0 Å². The lowest BCUT2D eigenvalue weighted by Gasteiger charge is -2.01. The molecule has 7 heteroatoms. The molecule has 0 saturated carbocycles. The number of hydrogen-bond donors (Lipinski definition) is 1. The predicted molar refractivity (Wildman–Crippen MR) is 82.0 cm³/mol. The summed E-state index contributed by atoms with van der Waals surface area (Å²) < 4.78 is 24.6. The minimum absolute atomic E-state index is 0.108. The summed E-state index contributed by atoms with van der Waals surface area (Å²) in [5, 5.41) is 1.81. The molecule has 0 aromatic carbocycles. The molecule has 1 rings (SSSR count). The van der Waals surface area contributed by atoms with Gasteiger partial charge in [0.25, 0.3) is 5.91 Å². The highest BCUT2D eigenvalue weighted by Gasteiger charge is 2.17. The van der Waals surface area contributed by atoms with E-state index in [-0.39, 0.29) is 10.8 Å². The minimum Gasteiger partial charge on any atom is -0.265 e. The van der Waals surface area contributed by atoms with E-state index in [1.807, 2.05) is 23.8 Å². The molecular weight excluding hydrogens is 296 g/mol. The standard InChI is InChI=1S/C13H16N2O3S2/c1-4-7-10(8-5-2)11-9-19-13(14-11)12(16)15-20(17,18)6-3/h4-5,7-9H,1,6H2,2-3H3,(H,15,16)/b8-5-,10-7+. The third kappa shape index (κ3) is 4.43. The van der Waals surface area contributed by atoms with Crippen LogP contribution in [0.25, 0.3) is 5.57 Å². The molecule has 0 spiro atoms. The van der Waals surface area contributed by atoms with Crippen LogP contribution in [0.4, 0.5) is 0 Å². The molecule has 1 heterocycles. The molecule has 0 atom stereocenters. The van der Waals surface area contributed by atoms with Crippen molar-refractivity contribution in [1.82, 2.24) is 9.71 Å². The van der Waals surface area contributed by atoms with Gasteiger partial charge in [-0.2, -0.15) is 0 Å². The summed E-state index contributed by atoms with van der Waals surface area (Å²) in [5.41, 5.74) is 1.41. The van der Waals surface area contributed by atoms with Crippen molar-refractivity contribution in [1.29, 1.82) is 0 Å². The van der Waals surface area contributed by atoms with E-state index < -0.39 is 15.9 Å². The molecular formula is C13H16N2O3S2. The van der Waals surface area contributed by atoms with Gasteiger partial charge in [-0.25, -0.2) is 18.1 Å². The van der Waals surface area contributed by atoms with Crippen LogP contribution in [-0.4, -0.2) is 25.1 Å². The van der Waals surface area contributed by atoms with Gasteiger partial charge in [0.2, 0.25) is 10.0 Å². The lowest BCUT2D eigenvalue weighted by atomic mass is 10.2. The number of thiazole rings is 1. The molecule has 0 saturated heterocycles. The zero-order valence-corrected chi connectivity index (χ0v) is 12.9. The van der Waals surface area contributed by atoms with Crippen molar-refractivity contribution in [3.8, 4) is 0 Å². The fourth-order valence-corrected chi connectivity index (χ4v) is 2.61. The fraction of sp³-hybridized carbons (Fsp3) is 0.231. The molecule has 1 amide bonds. The number of allylic oxidation sites excluding steroid dienone is 5. The number of carbonyl (C=O) groups is 1.